The Morgan fingerprint density at radius 2 is 1.91 bits per heavy atom. The molecule has 118 valence electrons. The number of esters is 1. The number of rotatable bonds is 2. The lowest BCUT2D eigenvalue weighted by Gasteiger charge is -2.47. The predicted octanol–water partition coefficient (Wildman–Crippen LogP) is 4.15. The van der Waals surface area contributed by atoms with Gasteiger partial charge in [0.25, 0.3) is 0 Å². The summed E-state index contributed by atoms with van der Waals surface area (Å²) in [5.74, 6) is 2.57. The number of allylic oxidation sites excluding steroid dienone is 1. The highest BCUT2D eigenvalue weighted by Gasteiger charge is 2.43. The van der Waals surface area contributed by atoms with Crippen LogP contribution in [0.1, 0.15) is 39.4 Å². The van der Waals surface area contributed by atoms with Gasteiger partial charge in [-0.3, -0.25) is 4.79 Å². The van der Waals surface area contributed by atoms with E-state index in [9.17, 15) is 4.79 Å². The van der Waals surface area contributed by atoms with Crippen molar-refractivity contribution in [2.75, 3.05) is 6.61 Å². The lowest BCUT2D eigenvalue weighted by atomic mass is 9.64. The molecule has 1 aliphatic carbocycles. The normalized spacial score (nSPS) is 34.0. The lowest BCUT2D eigenvalue weighted by molar-refractivity contribution is -0.131. The molecule has 3 rings (SSSR count). The third-order valence-electron chi connectivity index (χ3n) is 5.23. The van der Waals surface area contributed by atoms with Crippen LogP contribution in [0.2, 0.25) is 0 Å². The molecule has 0 N–H and O–H groups in total. The van der Waals surface area contributed by atoms with Gasteiger partial charge in [-0.2, -0.15) is 0 Å². The van der Waals surface area contributed by atoms with Crippen LogP contribution < -0.4 is 4.74 Å². The van der Waals surface area contributed by atoms with E-state index in [0.717, 1.165) is 12.2 Å². The molecule has 0 aromatic heterocycles. The first kappa shape index (κ1) is 15.3. The highest BCUT2D eigenvalue weighted by molar-refractivity contribution is 5.69. The monoisotopic (exact) mass is 300 g/mol. The molecule has 2 bridgehead atoms. The molecule has 1 aromatic carbocycles. The Balaban J connectivity index is 1.86. The molecule has 1 saturated heterocycles. The molecule has 3 nitrogen and oxygen atoms in total. The topological polar surface area (TPSA) is 35.5 Å². The fraction of sp³-hybridized carbons (Fsp3) is 0.526. The maximum absolute atomic E-state index is 11.0. The molecule has 1 fully saturated rings. The van der Waals surface area contributed by atoms with Crippen LogP contribution in [0.15, 0.2) is 35.9 Å². The second kappa shape index (κ2) is 5.88. The first-order valence-corrected chi connectivity index (χ1v) is 8.05. The van der Waals surface area contributed by atoms with Crippen molar-refractivity contribution < 1.29 is 14.3 Å². The molecule has 1 aromatic rings. The average Bonchev–Trinajstić information content (AvgIpc) is 2.45. The Labute approximate surface area is 132 Å². The first-order chi connectivity index (χ1) is 10.5. The summed E-state index contributed by atoms with van der Waals surface area (Å²) in [6, 6.07) is 7.73. The zero-order valence-corrected chi connectivity index (χ0v) is 13.7. The van der Waals surface area contributed by atoms with Gasteiger partial charge in [-0.1, -0.05) is 37.6 Å². The van der Waals surface area contributed by atoms with E-state index in [1.807, 2.05) is 24.3 Å². The SMILES string of the molecule is CC(=O)Oc1ccc([C@H]2OC[C@H]3[C@H](C)[C@@H]2C(C)=C[C@@H]3C)cc1. The molecule has 0 saturated carbocycles. The summed E-state index contributed by atoms with van der Waals surface area (Å²) in [6.45, 7) is 9.10. The maximum atomic E-state index is 11.0. The largest absolute Gasteiger partial charge is 0.427 e. The third-order valence-corrected chi connectivity index (χ3v) is 5.23. The molecule has 0 unspecified atom stereocenters. The second-order valence-corrected chi connectivity index (χ2v) is 6.74. The lowest BCUT2D eigenvalue weighted by Crippen LogP contribution is -2.42. The zero-order chi connectivity index (χ0) is 15.9. The standard InChI is InChI=1S/C19H24O3/c1-11-9-12(2)18-13(3)17(11)10-21-19(18)15-5-7-16(8-6-15)22-14(4)20/h5-9,11,13,17-19H,10H2,1-4H3/t11-,13-,17+,18-,19+/m0/s1. The van der Waals surface area contributed by atoms with Gasteiger partial charge in [-0.05, 0) is 42.4 Å². The fourth-order valence-corrected chi connectivity index (χ4v) is 4.14. The molecule has 1 heterocycles. The summed E-state index contributed by atoms with van der Waals surface area (Å²) in [5, 5.41) is 0. The Morgan fingerprint density at radius 1 is 1.23 bits per heavy atom. The number of fused-ring (bicyclic) bond motifs is 2. The van der Waals surface area contributed by atoms with Gasteiger partial charge in [0.2, 0.25) is 0 Å². The second-order valence-electron chi connectivity index (χ2n) is 6.74. The third kappa shape index (κ3) is 2.70. The molecule has 22 heavy (non-hydrogen) atoms. The van der Waals surface area contributed by atoms with Crippen LogP contribution in [0, 0.1) is 23.7 Å². The van der Waals surface area contributed by atoms with Crippen molar-refractivity contribution in [3.8, 4) is 5.75 Å². The summed E-state index contributed by atoms with van der Waals surface area (Å²) in [4.78, 5) is 11.0. The number of carbonyl (C=O) groups excluding carboxylic acids is 1. The highest BCUT2D eigenvalue weighted by atomic mass is 16.5. The van der Waals surface area contributed by atoms with E-state index in [2.05, 4.69) is 26.8 Å². The fourth-order valence-electron chi connectivity index (χ4n) is 4.14. The molecule has 0 amide bonds. The van der Waals surface area contributed by atoms with Crippen LogP contribution in [0.5, 0.6) is 5.75 Å². The van der Waals surface area contributed by atoms with Gasteiger partial charge in [0.15, 0.2) is 0 Å². The van der Waals surface area contributed by atoms with E-state index in [-0.39, 0.29) is 12.1 Å². The molecule has 1 aliphatic heterocycles. The van der Waals surface area contributed by atoms with Crippen molar-refractivity contribution in [1.29, 1.82) is 0 Å². The van der Waals surface area contributed by atoms with Crippen LogP contribution in [-0.4, -0.2) is 12.6 Å². The smallest absolute Gasteiger partial charge is 0.308 e. The Kier molecular flexibility index (Phi) is 4.09. The molecule has 2 aliphatic rings. The van der Waals surface area contributed by atoms with Crippen molar-refractivity contribution in [3.63, 3.8) is 0 Å². The van der Waals surface area contributed by atoms with E-state index in [1.165, 1.54) is 12.5 Å². The average molecular weight is 300 g/mol. The minimum atomic E-state index is -0.293. The van der Waals surface area contributed by atoms with Gasteiger partial charge in [0, 0.05) is 12.8 Å². The van der Waals surface area contributed by atoms with Gasteiger partial charge in [-0.15, -0.1) is 0 Å². The van der Waals surface area contributed by atoms with Gasteiger partial charge in [0.05, 0.1) is 12.7 Å². The van der Waals surface area contributed by atoms with Crippen molar-refractivity contribution in [2.24, 2.45) is 23.7 Å². The van der Waals surface area contributed by atoms with E-state index in [1.54, 1.807) is 0 Å². The first-order valence-electron chi connectivity index (χ1n) is 8.05. The number of carbonyl (C=O) groups is 1. The van der Waals surface area contributed by atoms with E-state index in [0.29, 0.717) is 29.4 Å². The summed E-state index contributed by atoms with van der Waals surface area (Å²) in [7, 11) is 0. The van der Waals surface area contributed by atoms with E-state index < -0.39 is 0 Å². The maximum Gasteiger partial charge on any atom is 0.308 e. The summed E-state index contributed by atoms with van der Waals surface area (Å²) in [6.07, 6.45) is 2.51. The molecular formula is C19H24O3. The van der Waals surface area contributed by atoms with Gasteiger partial charge in [-0.25, -0.2) is 0 Å². The van der Waals surface area contributed by atoms with Crippen molar-refractivity contribution in [3.05, 3.63) is 41.5 Å². The van der Waals surface area contributed by atoms with Gasteiger partial charge in [0.1, 0.15) is 5.75 Å². The van der Waals surface area contributed by atoms with Crippen LogP contribution >= 0.6 is 0 Å². The molecule has 0 radical (unpaired) electrons. The highest BCUT2D eigenvalue weighted by Crippen LogP contribution is 2.49. The summed E-state index contributed by atoms with van der Waals surface area (Å²) >= 11 is 0. The van der Waals surface area contributed by atoms with Crippen LogP contribution in [-0.2, 0) is 9.53 Å². The molecule has 5 atom stereocenters. The van der Waals surface area contributed by atoms with Gasteiger partial charge < -0.3 is 9.47 Å². The minimum Gasteiger partial charge on any atom is -0.427 e. The van der Waals surface area contributed by atoms with Crippen LogP contribution in [0.25, 0.3) is 0 Å². The molecule has 3 heteroatoms. The van der Waals surface area contributed by atoms with Crippen LogP contribution in [0.3, 0.4) is 0 Å². The molecular weight excluding hydrogens is 276 g/mol. The van der Waals surface area contributed by atoms with E-state index in [4.69, 9.17) is 9.47 Å². The number of hydrogen-bond acceptors (Lipinski definition) is 3. The number of hydrogen-bond donors (Lipinski definition) is 0. The van der Waals surface area contributed by atoms with Crippen molar-refractivity contribution in [1.82, 2.24) is 0 Å². The summed E-state index contributed by atoms with van der Waals surface area (Å²) in [5.41, 5.74) is 2.60. The quantitative estimate of drug-likeness (QED) is 0.467. The minimum absolute atomic E-state index is 0.0985. The Hall–Kier alpha value is -1.61. The van der Waals surface area contributed by atoms with Gasteiger partial charge >= 0.3 is 5.97 Å². The van der Waals surface area contributed by atoms with Crippen molar-refractivity contribution >= 4 is 5.97 Å². The Morgan fingerprint density at radius 3 is 2.55 bits per heavy atom. The number of ether oxygens (including phenoxy) is 2. The number of benzene rings is 1. The van der Waals surface area contributed by atoms with Crippen molar-refractivity contribution in [2.45, 2.75) is 33.8 Å². The predicted molar refractivity (Wildman–Crippen MR) is 85.5 cm³/mol. The Bertz CT molecular complexity index is 587. The zero-order valence-electron chi connectivity index (χ0n) is 13.7. The van der Waals surface area contributed by atoms with E-state index >= 15 is 0 Å². The molecule has 0 spiro atoms. The van der Waals surface area contributed by atoms with Crippen LogP contribution in [0.4, 0.5) is 0 Å². The summed E-state index contributed by atoms with van der Waals surface area (Å²) < 4.78 is 11.3.